The Labute approximate surface area is 67.8 Å². The standard InChI is InChI=1S/C3H3IN2S2/c1-2-3(7-4)8-6-5-2/h1H3. The lowest BCUT2D eigenvalue weighted by Crippen LogP contribution is -1.68. The maximum absolute atomic E-state index is 3.83. The first kappa shape index (κ1) is 6.76. The van der Waals surface area contributed by atoms with E-state index < -0.39 is 0 Å². The maximum atomic E-state index is 3.83. The Hall–Kier alpha value is 0.640. The highest BCUT2D eigenvalue weighted by Gasteiger charge is 1.98. The van der Waals surface area contributed by atoms with Crippen LogP contribution in [0.1, 0.15) is 5.69 Å². The van der Waals surface area contributed by atoms with Crippen molar-refractivity contribution in [3.63, 3.8) is 0 Å². The number of aryl methyl sites for hydroxylation is 1. The van der Waals surface area contributed by atoms with Gasteiger partial charge in [0, 0.05) is 21.2 Å². The van der Waals surface area contributed by atoms with Gasteiger partial charge in [-0.05, 0) is 27.4 Å². The topological polar surface area (TPSA) is 25.8 Å². The molecule has 0 unspecified atom stereocenters. The molecule has 1 rings (SSSR count). The van der Waals surface area contributed by atoms with Gasteiger partial charge in [0.25, 0.3) is 0 Å². The third kappa shape index (κ3) is 1.32. The van der Waals surface area contributed by atoms with E-state index in [1.807, 2.05) is 6.92 Å². The van der Waals surface area contributed by atoms with Crippen molar-refractivity contribution in [2.45, 2.75) is 11.1 Å². The van der Waals surface area contributed by atoms with Crippen molar-refractivity contribution in [1.82, 2.24) is 9.59 Å². The fourth-order valence-electron chi connectivity index (χ4n) is 0.296. The van der Waals surface area contributed by atoms with Gasteiger partial charge in [0.05, 0.1) is 5.69 Å². The highest BCUT2D eigenvalue weighted by atomic mass is 127. The van der Waals surface area contributed by atoms with Gasteiger partial charge in [0.1, 0.15) is 4.21 Å². The number of nitrogens with zero attached hydrogens (tertiary/aromatic N) is 2. The van der Waals surface area contributed by atoms with Gasteiger partial charge < -0.3 is 0 Å². The van der Waals surface area contributed by atoms with Crippen molar-refractivity contribution in [2.24, 2.45) is 0 Å². The molecule has 0 aliphatic carbocycles. The van der Waals surface area contributed by atoms with Crippen molar-refractivity contribution in [3.8, 4) is 0 Å². The van der Waals surface area contributed by atoms with Gasteiger partial charge in [-0.1, -0.05) is 4.49 Å². The molecule has 0 saturated carbocycles. The van der Waals surface area contributed by atoms with Crippen LogP contribution in [-0.4, -0.2) is 9.59 Å². The SMILES string of the molecule is Cc1nnsc1SI. The predicted octanol–water partition coefficient (Wildman–Crippen LogP) is 2.29. The Morgan fingerprint density at radius 1 is 1.75 bits per heavy atom. The zero-order valence-corrected chi connectivity index (χ0v) is 7.88. The van der Waals surface area contributed by atoms with Crippen molar-refractivity contribution >= 4 is 41.7 Å². The smallest absolute Gasteiger partial charge is 0.114 e. The minimum atomic E-state index is 1.04. The van der Waals surface area contributed by atoms with E-state index in [1.165, 1.54) is 15.7 Å². The quantitative estimate of drug-likeness (QED) is 0.723. The molecule has 0 radical (unpaired) electrons. The summed E-state index contributed by atoms with van der Waals surface area (Å²) in [5.74, 6) is 0. The van der Waals surface area contributed by atoms with E-state index in [-0.39, 0.29) is 0 Å². The molecule has 0 aliphatic rings. The average molecular weight is 258 g/mol. The Morgan fingerprint density at radius 2 is 2.50 bits per heavy atom. The molecular formula is C3H3IN2S2. The number of rotatable bonds is 1. The van der Waals surface area contributed by atoms with E-state index in [9.17, 15) is 0 Å². The van der Waals surface area contributed by atoms with Crippen molar-refractivity contribution in [3.05, 3.63) is 5.69 Å². The lowest BCUT2D eigenvalue weighted by molar-refractivity contribution is 1.07. The summed E-state index contributed by atoms with van der Waals surface area (Å²) in [5, 5.41) is 3.83. The zero-order chi connectivity index (χ0) is 5.98. The highest BCUT2D eigenvalue weighted by molar-refractivity contribution is 14.2. The van der Waals surface area contributed by atoms with Crippen LogP contribution in [-0.2, 0) is 0 Å². The molecule has 1 aromatic heterocycles. The van der Waals surface area contributed by atoms with Crippen LogP contribution < -0.4 is 0 Å². The summed E-state index contributed by atoms with van der Waals surface area (Å²) in [5.41, 5.74) is 1.04. The average Bonchev–Trinajstić information content (AvgIpc) is 2.14. The highest BCUT2D eigenvalue weighted by Crippen LogP contribution is 2.29. The van der Waals surface area contributed by atoms with Gasteiger partial charge in [-0.25, -0.2) is 0 Å². The van der Waals surface area contributed by atoms with Gasteiger partial charge in [0.2, 0.25) is 0 Å². The summed E-state index contributed by atoms with van der Waals surface area (Å²) in [4.78, 5) is 0. The molecule has 2 nitrogen and oxygen atoms in total. The van der Waals surface area contributed by atoms with E-state index in [0.29, 0.717) is 0 Å². The summed E-state index contributed by atoms with van der Waals surface area (Å²) in [6.45, 7) is 1.96. The van der Waals surface area contributed by atoms with Gasteiger partial charge in [-0.15, -0.1) is 5.10 Å². The Kier molecular flexibility index (Phi) is 2.51. The number of halogens is 1. The molecule has 44 valence electrons. The Bertz CT molecular complexity index is 176. The molecule has 0 atom stereocenters. The van der Waals surface area contributed by atoms with Gasteiger partial charge in [0.15, 0.2) is 0 Å². The molecule has 0 N–H and O–H groups in total. The van der Waals surface area contributed by atoms with Crippen LogP contribution in [0.25, 0.3) is 0 Å². The summed E-state index contributed by atoms with van der Waals surface area (Å²) in [6.07, 6.45) is 0. The van der Waals surface area contributed by atoms with E-state index in [0.717, 1.165) is 5.69 Å². The fourth-order valence-corrected chi connectivity index (χ4v) is 2.75. The van der Waals surface area contributed by atoms with E-state index in [1.54, 1.807) is 8.93 Å². The summed E-state index contributed by atoms with van der Waals surface area (Å²) < 4.78 is 4.96. The molecule has 5 heteroatoms. The van der Waals surface area contributed by atoms with Crippen LogP contribution in [0.4, 0.5) is 0 Å². The molecule has 0 aromatic carbocycles. The predicted molar refractivity (Wildman–Crippen MR) is 44.5 cm³/mol. The molecular weight excluding hydrogens is 255 g/mol. The molecule has 0 amide bonds. The molecule has 0 saturated heterocycles. The Morgan fingerprint density at radius 3 is 2.75 bits per heavy atom. The maximum Gasteiger partial charge on any atom is 0.114 e. The number of hydrogen-bond acceptors (Lipinski definition) is 4. The van der Waals surface area contributed by atoms with Crippen LogP contribution in [0.3, 0.4) is 0 Å². The van der Waals surface area contributed by atoms with Crippen LogP contribution in [0.15, 0.2) is 4.21 Å². The third-order valence-electron chi connectivity index (χ3n) is 0.680. The monoisotopic (exact) mass is 258 g/mol. The molecule has 8 heavy (non-hydrogen) atoms. The molecule has 1 heterocycles. The second kappa shape index (κ2) is 2.98. The number of hydrogen-bond donors (Lipinski definition) is 0. The van der Waals surface area contributed by atoms with Crippen molar-refractivity contribution < 1.29 is 0 Å². The molecule has 0 bridgehead atoms. The summed E-state index contributed by atoms with van der Waals surface area (Å²) in [7, 11) is 1.67. The van der Waals surface area contributed by atoms with Crippen LogP contribution in [0.2, 0.25) is 0 Å². The fraction of sp³-hybridized carbons (Fsp3) is 0.333. The van der Waals surface area contributed by atoms with E-state index in [2.05, 4.69) is 30.8 Å². The minimum Gasteiger partial charge on any atom is -0.142 e. The van der Waals surface area contributed by atoms with Crippen LogP contribution in [0, 0.1) is 6.92 Å². The lowest BCUT2D eigenvalue weighted by atomic mass is 10.6. The van der Waals surface area contributed by atoms with Crippen LogP contribution in [0.5, 0.6) is 0 Å². The molecule has 0 aliphatic heterocycles. The van der Waals surface area contributed by atoms with Gasteiger partial charge >= 0.3 is 0 Å². The van der Waals surface area contributed by atoms with Crippen molar-refractivity contribution in [2.75, 3.05) is 0 Å². The van der Waals surface area contributed by atoms with E-state index >= 15 is 0 Å². The van der Waals surface area contributed by atoms with Gasteiger partial charge in [-0.2, -0.15) is 0 Å². The zero-order valence-electron chi connectivity index (χ0n) is 4.09. The van der Waals surface area contributed by atoms with Crippen LogP contribution >= 0.6 is 41.7 Å². The second-order valence-electron chi connectivity index (χ2n) is 1.22. The first-order valence-electron chi connectivity index (χ1n) is 1.92. The first-order chi connectivity index (χ1) is 3.84. The minimum absolute atomic E-state index is 1.04. The van der Waals surface area contributed by atoms with Gasteiger partial charge in [-0.3, -0.25) is 0 Å². The second-order valence-corrected chi connectivity index (χ2v) is 4.12. The number of aromatic nitrogens is 2. The Balaban J connectivity index is 2.92. The van der Waals surface area contributed by atoms with E-state index in [4.69, 9.17) is 0 Å². The van der Waals surface area contributed by atoms with Crippen molar-refractivity contribution in [1.29, 1.82) is 0 Å². The summed E-state index contributed by atoms with van der Waals surface area (Å²) >= 11 is 3.67. The third-order valence-corrected chi connectivity index (χ3v) is 4.43. The molecule has 0 spiro atoms. The summed E-state index contributed by atoms with van der Waals surface area (Å²) in [6, 6.07) is 0. The largest absolute Gasteiger partial charge is 0.142 e. The first-order valence-corrected chi connectivity index (χ1v) is 6.05. The molecule has 0 fully saturated rings. The molecule has 1 aromatic rings. The normalized spacial score (nSPS) is 9.75. The lowest BCUT2D eigenvalue weighted by Gasteiger charge is -1.80.